The van der Waals surface area contributed by atoms with E-state index in [2.05, 4.69) is 31.0 Å². The number of imide groups is 2. The standard InChI is InChI=1S/C42H41ClFN9O8/c43-25-7-11-29-31(20-25)48-42(47-29)53-40(59)28(10-6-23-4-8-26(44)9-5-23)37(50-53)24-14-18-51(19-15-24)35(56)22-61-21-34(55)46-17-16-45-30-3-1-2-27-36(30)41(60)52(39(27)58)32-12-13-33(54)49-38(32)57/h1-5,7-9,11,20,24,32,45,50H,6,10,12-19,21-22H2,(H,46,55)(H,47,48)(H,49,54,57). The molecule has 17 nitrogen and oxygen atoms in total. The van der Waals surface area contributed by atoms with Gasteiger partial charge in [-0.3, -0.25) is 48.9 Å². The molecule has 5 heterocycles. The van der Waals surface area contributed by atoms with Crippen LogP contribution in [-0.4, -0.2) is 110 Å². The van der Waals surface area contributed by atoms with Gasteiger partial charge >= 0.3 is 0 Å². The summed E-state index contributed by atoms with van der Waals surface area (Å²) in [6.07, 6.45) is 2.11. The van der Waals surface area contributed by atoms with E-state index in [1.807, 2.05) is 0 Å². The molecule has 0 radical (unpaired) electrons. The molecule has 2 aromatic heterocycles. The lowest BCUT2D eigenvalue weighted by molar-refractivity contribution is -0.139. The second-order valence-electron chi connectivity index (χ2n) is 15.1. The number of aromatic nitrogens is 4. The maximum absolute atomic E-state index is 13.9. The first-order valence-electron chi connectivity index (χ1n) is 19.9. The molecule has 1 unspecified atom stereocenters. The van der Waals surface area contributed by atoms with Crippen molar-refractivity contribution in [2.24, 2.45) is 0 Å². The second-order valence-corrected chi connectivity index (χ2v) is 15.5. The second kappa shape index (κ2) is 17.5. The molecule has 0 saturated carbocycles. The molecule has 3 aliphatic heterocycles. The average molecular weight is 854 g/mol. The van der Waals surface area contributed by atoms with Crippen LogP contribution in [0, 0.1) is 5.82 Å². The number of ether oxygens (including phenoxy) is 1. The number of nitrogens with zero attached hydrogens (tertiary/aromatic N) is 4. The van der Waals surface area contributed by atoms with Crippen LogP contribution in [0.4, 0.5) is 10.1 Å². The normalized spacial score (nSPS) is 16.9. The molecule has 316 valence electrons. The number of amides is 6. The zero-order valence-corrected chi connectivity index (χ0v) is 33.5. The summed E-state index contributed by atoms with van der Waals surface area (Å²) in [6, 6.07) is 15.0. The topological polar surface area (TPSA) is 221 Å². The van der Waals surface area contributed by atoms with E-state index in [0.717, 1.165) is 16.2 Å². The van der Waals surface area contributed by atoms with Gasteiger partial charge in [-0.1, -0.05) is 29.8 Å². The van der Waals surface area contributed by atoms with Crippen molar-refractivity contribution in [2.45, 2.75) is 50.5 Å². The number of piperidine rings is 2. The fourth-order valence-corrected chi connectivity index (χ4v) is 8.24. The van der Waals surface area contributed by atoms with E-state index in [-0.39, 0.29) is 73.5 Å². The summed E-state index contributed by atoms with van der Waals surface area (Å²) in [6.45, 7) is 0.454. The molecule has 61 heavy (non-hydrogen) atoms. The smallest absolute Gasteiger partial charge is 0.277 e. The molecular formula is C42H41ClFN9O8. The molecule has 6 amide bonds. The van der Waals surface area contributed by atoms with Crippen LogP contribution >= 0.6 is 11.6 Å². The fraction of sp³-hybridized carbons (Fsp3) is 0.333. The Kier molecular flexibility index (Phi) is 11.8. The van der Waals surface area contributed by atoms with Crippen molar-refractivity contribution in [1.82, 2.24) is 40.2 Å². The van der Waals surface area contributed by atoms with Crippen molar-refractivity contribution in [3.63, 3.8) is 0 Å². The number of hydrogen-bond acceptors (Lipinski definition) is 10. The lowest BCUT2D eigenvalue weighted by Gasteiger charge is -2.32. The minimum Gasteiger partial charge on any atom is -0.383 e. The zero-order valence-electron chi connectivity index (χ0n) is 32.7. The van der Waals surface area contributed by atoms with Crippen molar-refractivity contribution in [1.29, 1.82) is 0 Å². The van der Waals surface area contributed by atoms with Gasteiger partial charge in [0.1, 0.15) is 25.1 Å². The van der Waals surface area contributed by atoms with Gasteiger partial charge in [0, 0.05) is 60.5 Å². The third kappa shape index (κ3) is 8.67. The molecular weight excluding hydrogens is 813 g/mol. The summed E-state index contributed by atoms with van der Waals surface area (Å²) in [7, 11) is 0. The van der Waals surface area contributed by atoms with Crippen molar-refractivity contribution in [2.75, 3.05) is 44.7 Å². The van der Waals surface area contributed by atoms with Crippen LogP contribution in [0.15, 0.2) is 65.5 Å². The van der Waals surface area contributed by atoms with Crippen molar-refractivity contribution >= 4 is 63.8 Å². The van der Waals surface area contributed by atoms with Crippen LogP contribution in [0.1, 0.15) is 69.1 Å². The van der Waals surface area contributed by atoms with E-state index >= 15 is 0 Å². The largest absolute Gasteiger partial charge is 0.383 e. The van der Waals surface area contributed by atoms with Crippen LogP contribution in [0.3, 0.4) is 0 Å². The number of rotatable bonds is 14. The summed E-state index contributed by atoms with van der Waals surface area (Å²) in [5.74, 6) is -3.26. The number of H-pyrrole nitrogens is 2. The van der Waals surface area contributed by atoms with Crippen LogP contribution in [-0.2, 0) is 36.8 Å². The maximum atomic E-state index is 13.9. The highest BCUT2D eigenvalue weighted by atomic mass is 35.5. The minimum absolute atomic E-state index is 0.0120. The number of anilines is 1. The van der Waals surface area contributed by atoms with Crippen molar-refractivity contribution in [3.05, 3.63) is 110 Å². The maximum Gasteiger partial charge on any atom is 0.277 e. The predicted molar refractivity (Wildman–Crippen MR) is 219 cm³/mol. The number of benzene rings is 3. The molecule has 2 saturated heterocycles. The third-order valence-electron chi connectivity index (χ3n) is 11.2. The Labute approximate surface area is 351 Å². The van der Waals surface area contributed by atoms with Gasteiger partial charge in [-0.2, -0.15) is 4.68 Å². The number of aryl methyl sites for hydroxylation is 1. The third-order valence-corrected chi connectivity index (χ3v) is 11.4. The molecule has 2 fully saturated rings. The van der Waals surface area contributed by atoms with Gasteiger partial charge in [0.2, 0.25) is 29.6 Å². The molecule has 3 aromatic carbocycles. The quantitative estimate of drug-likeness (QED) is 0.0812. The molecule has 1 atom stereocenters. The summed E-state index contributed by atoms with van der Waals surface area (Å²) in [5, 5.41) is 11.7. The van der Waals surface area contributed by atoms with E-state index < -0.39 is 35.6 Å². The number of hydrogen-bond donors (Lipinski definition) is 5. The Bertz CT molecular complexity index is 2610. The molecule has 5 N–H and O–H groups in total. The van der Waals surface area contributed by atoms with Crippen LogP contribution < -0.4 is 21.5 Å². The van der Waals surface area contributed by atoms with Gasteiger partial charge in [0.05, 0.1) is 22.2 Å². The Morgan fingerprint density at radius 3 is 2.48 bits per heavy atom. The number of aromatic amines is 2. The van der Waals surface area contributed by atoms with Crippen LogP contribution in [0.5, 0.6) is 0 Å². The van der Waals surface area contributed by atoms with Crippen molar-refractivity contribution < 1.29 is 37.9 Å². The van der Waals surface area contributed by atoms with Gasteiger partial charge in [0.15, 0.2) is 0 Å². The summed E-state index contributed by atoms with van der Waals surface area (Å²) in [4.78, 5) is 100. The monoisotopic (exact) mass is 853 g/mol. The number of carbonyl (C=O) groups excluding carboxylic acids is 6. The number of carbonyl (C=O) groups is 6. The molecule has 0 bridgehead atoms. The lowest BCUT2D eigenvalue weighted by Crippen LogP contribution is -2.54. The minimum atomic E-state index is -1.09. The summed E-state index contributed by atoms with van der Waals surface area (Å²) < 4.78 is 20.4. The van der Waals surface area contributed by atoms with E-state index in [4.69, 9.17) is 16.3 Å². The Hall–Kier alpha value is -6.66. The SMILES string of the molecule is O=C(COCC(=O)N1CCC(c2[nH]n(-c3nc4ccc(Cl)cc4[nH]3)c(=O)c2CCc2ccc(F)cc2)CC1)NCCNc1cccc2c1C(=O)N(C1CCC(=O)NC1=O)C2=O. The number of halogens is 2. The van der Waals surface area contributed by atoms with Gasteiger partial charge in [0.25, 0.3) is 17.4 Å². The van der Waals surface area contributed by atoms with E-state index in [1.54, 1.807) is 47.4 Å². The lowest BCUT2D eigenvalue weighted by atomic mass is 9.90. The molecule has 8 rings (SSSR count). The van der Waals surface area contributed by atoms with Gasteiger partial charge in [-0.15, -0.1) is 0 Å². The first-order chi connectivity index (χ1) is 29.4. The van der Waals surface area contributed by atoms with Crippen molar-refractivity contribution in [3.8, 4) is 5.95 Å². The first-order valence-corrected chi connectivity index (χ1v) is 20.3. The Morgan fingerprint density at radius 2 is 1.70 bits per heavy atom. The first kappa shape index (κ1) is 41.1. The highest BCUT2D eigenvalue weighted by Crippen LogP contribution is 2.33. The predicted octanol–water partition coefficient (Wildman–Crippen LogP) is 2.97. The Balaban J connectivity index is 0.814. The highest BCUT2D eigenvalue weighted by Gasteiger charge is 2.45. The summed E-state index contributed by atoms with van der Waals surface area (Å²) in [5.41, 5.74) is 3.89. The number of nitrogens with one attached hydrogen (secondary N) is 5. The van der Waals surface area contributed by atoms with Crippen LogP contribution in [0.25, 0.3) is 17.0 Å². The molecule has 0 aliphatic carbocycles. The fourth-order valence-electron chi connectivity index (χ4n) is 8.06. The van der Waals surface area contributed by atoms with E-state index in [9.17, 15) is 38.0 Å². The van der Waals surface area contributed by atoms with Gasteiger partial charge in [-0.05, 0) is 80.1 Å². The number of imidazole rings is 1. The molecule has 0 spiro atoms. The van der Waals surface area contributed by atoms with Crippen LogP contribution in [0.2, 0.25) is 5.02 Å². The molecule has 3 aliphatic rings. The number of fused-ring (bicyclic) bond motifs is 2. The molecule has 19 heteroatoms. The Morgan fingerprint density at radius 1 is 0.918 bits per heavy atom. The van der Waals surface area contributed by atoms with E-state index in [0.29, 0.717) is 72.0 Å². The average Bonchev–Trinajstić information content (AvgIpc) is 3.90. The molecule has 5 aromatic rings. The van der Waals surface area contributed by atoms with E-state index in [1.165, 1.54) is 22.9 Å². The number of likely N-dealkylation sites (tertiary alicyclic amines) is 1. The zero-order chi connectivity index (χ0) is 42.8. The van der Waals surface area contributed by atoms with Gasteiger partial charge < -0.3 is 25.3 Å². The summed E-state index contributed by atoms with van der Waals surface area (Å²) >= 11 is 6.17. The van der Waals surface area contributed by atoms with Gasteiger partial charge in [-0.25, -0.2) is 9.37 Å². The highest BCUT2D eigenvalue weighted by molar-refractivity contribution is 6.31.